The molecule has 4 rings (SSSR count). The third-order valence-corrected chi connectivity index (χ3v) is 7.10. The number of aliphatic imine (C=N–C) groups is 1. The van der Waals surface area contributed by atoms with Crippen LogP contribution in [0.5, 0.6) is 0 Å². The maximum absolute atomic E-state index is 6.64. The van der Waals surface area contributed by atoms with Gasteiger partial charge in [0.2, 0.25) is 0 Å². The Morgan fingerprint density at radius 2 is 1.54 bits per heavy atom. The number of nitrogens with zero attached hydrogens (tertiary/aromatic N) is 1. The number of fused-ring (bicyclic) bond motifs is 3. The number of benzene rings is 2. The standard InChI is InChI=1S/C24H28ClN/c1-22(2)20-8-6-5-7-18(20)19-10-9-17(15-21(19)22)24(16-26-4)13-11-23(3,25)12-14-24/h5-10,15-16H,11-14H2,1-4H3/b26-16+. The minimum Gasteiger partial charge on any atom is -0.300 e. The van der Waals surface area contributed by atoms with Crippen LogP contribution in [0.3, 0.4) is 0 Å². The van der Waals surface area contributed by atoms with Crippen molar-refractivity contribution in [2.45, 2.75) is 62.2 Å². The average Bonchev–Trinajstić information content (AvgIpc) is 2.85. The summed E-state index contributed by atoms with van der Waals surface area (Å²) in [6.07, 6.45) is 6.37. The van der Waals surface area contributed by atoms with Gasteiger partial charge in [-0.3, -0.25) is 4.99 Å². The van der Waals surface area contributed by atoms with Gasteiger partial charge < -0.3 is 0 Å². The molecule has 0 N–H and O–H groups in total. The van der Waals surface area contributed by atoms with Crippen molar-refractivity contribution >= 4 is 17.8 Å². The van der Waals surface area contributed by atoms with E-state index in [0.717, 1.165) is 25.7 Å². The number of rotatable bonds is 2. The summed E-state index contributed by atoms with van der Waals surface area (Å²) in [5.74, 6) is 0. The summed E-state index contributed by atoms with van der Waals surface area (Å²) >= 11 is 6.64. The molecule has 0 bridgehead atoms. The number of alkyl halides is 1. The second-order valence-corrected chi connectivity index (χ2v) is 9.80. The van der Waals surface area contributed by atoms with Crippen LogP contribution >= 0.6 is 11.6 Å². The highest BCUT2D eigenvalue weighted by atomic mass is 35.5. The van der Waals surface area contributed by atoms with Crippen molar-refractivity contribution in [1.82, 2.24) is 0 Å². The van der Waals surface area contributed by atoms with Crippen molar-refractivity contribution in [2.24, 2.45) is 4.99 Å². The molecular formula is C24H28ClN. The molecule has 0 unspecified atom stereocenters. The fourth-order valence-corrected chi connectivity index (χ4v) is 5.16. The van der Waals surface area contributed by atoms with Gasteiger partial charge in [-0.05, 0) is 60.4 Å². The zero-order chi connectivity index (χ0) is 18.6. The second-order valence-electron chi connectivity index (χ2n) is 8.89. The lowest BCUT2D eigenvalue weighted by molar-refractivity contribution is 0.329. The normalized spacial score (nSPS) is 29.6. The van der Waals surface area contributed by atoms with Gasteiger partial charge >= 0.3 is 0 Å². The third-order valence-electron chi connectivity index (χ3n) is 6.72. The molecule has 0 aromatic heterocycles. The van der Waals surface area contributed by atoms with Crippen LogP contribution in [0.2, 0.25) is 0 Å². The molecule has 2 heteroatoms. The molecule has 0 saturated heterocycles. The smallest absolute Gasteiger partial charge is 0.0419 e. The number of hydrogen-bond donors (Lipinski definition) is 0. The molecular weight excluding hydrogens is 338 g/mol. The van der Waals surface area contributed by atoms with Crippen molar-refractivity contribution in [3.63, 3.8) is 0 Å². The fraction of sp³-hybridized carbons (Fsp3) is 0.458. The van der Waals surface area contributed by atoms with E-state index >= 15 is 0 Å². The van der Waals surface area contributed by atoms with Gasteiger partial charge in [-0.1, -0.05) is 56.3 Å². The first-order chi connectivity index (χ1) is 12.3. The molecule has 0 radical (unpaired) electrons. The molecule has 1 nitrogen and oxygen atoms in total. The summed E-state index contributed by atoms with van der Waals surface area (Å²) in [5.41, 5.74) is 7.10. The van der Waals surface area contributed by atoms with Crippen molar-refractivity contribution in [3.05, 3.63) is 59.2 Å². The van der Waals surface area contributed by atoms with Crippen LogP contribution in [0.15, 0.2) is 47.5 Å². The van der Waals surface area contributed by atoms with Crippen LogP contribution in [0.4, 0.5) is 0 Å². The Bertz CT molecular complexity index is 866. The Morgan fingerprint density at radius 1 is 0.885 bits per heavy atom. The Kier molecular flexibility index (Phi) is 4.08. The van der Waals surface area contributed by atoms with E-state index in [1.165, 1.54) is 27.8 Å². The van der Waals surface area contributed by atoms with E-state index in [-0.39, 0.29) is 15.7 Å². The minimum atomic E-state index is -0.0721. The first-order valence-electron chi connectivity index (χ1n) is 9.66. The van der Waals surface area contributed by atoms with Gasteiger partial charge in [0.1, 0.15) is 0 Å². The van der Waals surface area contributed by atoms with Gasteiger partial charge in [0, 0.05) is 29.0 Å². The number of halogens is 1. The SMILES string of the molecule is C/N=C/C1(c2ccc3c(c2)C(C)(C)c2ccccc2-3)CCC(C)(Cl)CC1. The monoisotopic (exact) mass is 365 g/mol. The predicted octanol–water partition coefficient (Wildman–Crippen LogP) is 6.50. The maximum atomic E-state index is 6.64. The summed E-state index contributed by atoms with van der Waals surface area (Å²) < 4.78 is 0. The Morgan fingerprint density at radius 3 is 2.23 bits per heavy atom. The topological polar surface area (TPSA) is 12.4 Å². The van der Waals surface area contributed by atoms with Gasteiger partial charge in [-0.15, -0.1) is 11.6 Å². The van der Waals surface area contributed by atoms with Gasteiger partial charge in [0.25, 0.3) is 0 Å². The highest BCUT2D eigenvalue weighted by molar-refractivity contribution is 6.23. The highest BCUT2D eigenvalue weighted by Gasteiger charge is 2.42. The second kappa shape index (κ2) is 5.96. The van der Waals surface area contributed by atoms with Crippen molar-refractivity contribution in [1.29, 1.82) is 0 Å². The zero-order valence-corrected chi connectivity index (χ0v) is 17.0. The lowest BCUT2D eigenvalue weighted by Crippen LogP contribution is -2.38. The molecule has 1 saturated carbocycles. The van der Waals surface area contributed by atoms with Crippen LogP contribution in [0.1, 0.15) is 63.1 Å². The molecule has 26 heavy (non-hydrogen) atoms. The maximum Gasteiger partial charge on any atom is 0.0419 e. The van der Waals surface area contributed by atoms with Crippen LogP contribution in [0.25, 0.3) is 11.1 Å². The largest absolute Gasteiger partial charge is 0.300 e. The van der Waals surface area contributed by atoms with E-state index < -0.39 is 0 Å². The first-order valence-corrected chi connectivity index (χ1v) is 10.0. The van der Waals surface area contributed by atoms with Gasteiger partial charge in [0.15, 0.2) is 0 Å². The summed E-state index contributed by atoms with van der Waals surface area (Å²) in [4.78, 5) is 4.38. The van der Waals surface area contributed by atoms with Crippen molar-refractivity contribution in [2.75, 3.05) is 7.05 Å². The molecule has 2 aromatic rings. The Balaban J connectivity index is 1.82. The molecule has 0 aliphatic heterocycles. The quantitative estimate of drug-likeness (QED) is 0.425. The molecule has 2 aromatic carbocycles. The molecule has 2 aliphatic rings. The summed E-state index contributed by atoms with van der Waals surface area (Å²) in [6.45, 7) is 6.86. The van der Waals surface area contributed by atoms with Crippen molar-refractivity contribution in [3.8, 4) is 11.1 Å². The molecule has 0 amide bonds. The van der Waals surface area contributed by atoms with Crippen LogP contribution in [-0.2, 0) is 10.8 Å². The lowest BCUT2D eigenvalue weighted by Gasteiger charge is -2.41. The Labute approximate surface area is 162 Å². The van der Waals surface area contributed by atoms with Gasteiger partial charge in [-0.25, -0.2) is 0 Å². The number of hydrogen-bond acceptors (Lipinski definition) is 1. The lowest BCUT2D eigenvalue weighted by atomic mass is 9.66. The van der Waals surface area contributed by atoms with Crippen LogP contribution in [-0.4, -0.2) is 18.1 Å². The molecule has 2 aliphatic carbocycles. The third kappa shape index (κ3) is 2.63. The summed E-state index contributed by atoms with van der Waals surface area (Å²) in [5, 5.41) is 0. The molecule has 136 valence electrons. The molecule has 0 atom stereocenters. The zero-order valence-electron chi connectivity index (χ0n) is 16.3. The predicted molar refractivity (Wildman–Crippen MR) is 113 cm³/mol. The van der Waals surface area contributed by atoms with E-state index in [2.05, 4.69) is 74.4 Å². The first kappa shape index (κ1) is 17.8. The van der Waals surface area contributed by atoms with Crippen molar-refractivity contribution < 1.29 is 0 Å². The van der Waals surface area contributed by atoms with Crippen LogP contribution < -0.4 is 0 Å². The van der Waals surface area contributed by atoms with E-state index in [9.17, 15) is 0 Å². The van der Waals surface area contributed by atoms with Gasteiger partial charge in [-0.2, -0.15) is 0 Å². The summed E-state index contributed by atoms with van der Waals surface area (Å²) in [7, 11) is 1.89. The van der Waals surface area contributed by atoms with E-state index in [1.54, 1.807) is 0 Å². The fourth-order valence-electron chi connectivity index (χ4n) is 4.97. The molecule has 1 fully saturated rings. The van der Waals surface area contributed by atoms with Crippen LogP contribution in [0, 0.1) is 0 Å². The van der Waals surface area contributed by atoms with E-state index in [0.29, 0.717) is 0 Å². The highest BCUT2D eigenvalue weighted by Crippen LogP contribution is 2.51. The summed E-state index contributed by atoms with van der Waals surface area (Å²) in [6, 6.07) is 15.9. The average molecular weight is 366 g/mol. The minimum absolute atomic E-state index is 0.0169. The molecule has 0 spiro atoms. The Hall–Kier alpha value is -1.60. The molecule has 0 heterocycles. The van der Waals surface area contributed by atoms with E-state index in [1.807, 2.05) is 7.05 Å². The van der Waals surface area contributed by atoms with E-state index in [4.69, 9.17) is 11.6 Å². The van der Waals surface area contributed by atoms with Gasteiger partial charge in [0.05, 0.1) is 0 Å².